The zero-order chi connectivity index (χ0) is 22.8. The van der Waals surface area contributed by atoms with Gasteiger partial charge in [0, 0.05) is 49.4 Å². The fourth-order valence-electron chi connectivity index (χ4n) is 4.82. The van der Waals surface area contributed by atoms with Crippen LogP contribution in [0.2, 0.25) is 0 Å². The second-order valence-corrected chi connectivity index (χ2v) is 8.68. The van der Waals surface area contributed by atoms with Gasteiger partial charge in [0.05, 0.1) is 24.9 Å². The molecule has 1 aromatic carbocycles. The average molecular weight is 451 g/mol. The Labute approximate surface area is 193 Å². The number of anilines is 2. The van der Waals surface area contributed by atoms with E-state index in [0.29, 0.717) is 37.7 Å². The van der Waals surface area contributed by atoms with E-state index >= 15 is 0 Å². The Hall–Kier alpha value is -3.20. The number of benzene rings is 1. The molecule has 0 saturated carbocycles. The number of carbonyl (C=O) groups is 2. The van der Waals surface area contributed by atoms with Gasteiger partial charge in [0.25, 0.3) is 0 Å². The Morgan fingerprint density at radius 3 is 2.67 bits per heavy atom. The summed E-state index contributed by atoms with van der Waals surface area (Å²) in [5, 5.41) is 5.65. The summed E-state index contributed by atoms with van der Waals surface area (Å²) in [4.78, 5) is 38.6. The maximum absolute atomic E-state index is 12.4. The zero-order valence-corrected chi connectivity index (χ0v) is 19.0. The van der Waals surface area contributed by atoms with E-state index in [0.717, 1.165) is 56.0 Å². The van der Waals surface area contributed by atoms with Crippen LogP contribution in [0.4, 0.5) is 16.3 Å². The fraction of sp³-hybridized carbons (Fsp3) is 0.500. The van der Waals surface area contributed by atoms with Crippen molar-refractivity contribution < 1.29 is 14.3 Å². The summed E-state index contributed by atoms with van der Waals surface area (Å²) in [6.07, 6.45) is 3.05. The number of hydrogen-bond acceptors (Lipinski definition) is 6. The molecule has 5 rings (SSSR count). The number of hydrogen-bond donors (Lipinski definition) is 2. The number of nitrogens with one attached hydrogen (secondary N) is 2. The van der Waals surface area contributed by atoms with Crippen molar-refractivity contribution in [3.63, 3.8) is 0 Å². The van der Waals surface area contributed by atoms with E-state index in [9.17, 15) is 9.59 Å². The van der Waals surface area contributed by atoms with Crippen LogP contribution in [-0.4, -0.2) is 66.2 Å². The molecule has 9 heteroatoms. The van der Waals surface area contributed by atoms with E-state index in [-0.39, 0.29) is 18.0 Å². The van der Waals surface area contributed by atoms with Crippen molar-refractivity contribution >= 4 is 23.4 Å². The lowest BCUT2D eigenvalue weighted by Gasteiger charge is -2.36. The molecule has 0 radical (unpaired) electrons. The van der Waals surface area contributed by atoms with E-state index < -0.39 is 0 Å². The highest BCUT2D eigenvalue weighted by atomic mass is 16.5. The molecule has 33 heavy (non-hydrogen) atoms. The molecule has 2 saturated heterocycles. The average Bonchev–Trinajstić information content (AvgIpc) is 3.24. The number of rotatable bonds is 5. The lowest BCUT2D eigenvalue weighted by atomic mass is 9.97. The van der Waals surface area contributed by atoms with Gasteiger partial charge in [-0.2, -0.15) is 0 Å². The maximum atomic E-state index is 12.4. The summed E-state index contributed by atoms with van der Waals surface area (Å²) in [5.74, 6) is 1.84. The number of aromatic nitrogens is 2. The van der Waals surface area contributed by atoms with Gasteiger partial charge in [-0.25, -0.2) is 14.8 Å². The Morgan fingerprint density at radius 1 is 1.12 bits per heavy atom. The summed E-state index contributed by atoms with van der Waals surface area (Å²) in [7, 11) is 0. The van der Waals surface area contributed by atoms with Crippen molar-refractivity contribution in [2.45, 2.75) is 38.6 Å². The molecule has 2 aromatic rings. The van der Waals surface area contributed by atoms with Gasteiger partial charge in [-0.05, 0) is 43.5 Å². The molecule has 1 aromatic heterocycles. The predicted molar refractivity (Wildman–Crippen MR) is 125 cm³/mol. The predicted octanol–water partition coefficient (Wildman–Crippen LogP) is 2.73. The SMILES string of the molecule is CCCNC(=O)Nc1ccc(-c2nc3c(c(N4CCOCC4)n2)CCN2C(=O)CC[C@@H]32)cc1. The van der Waals surface area contributed by atoms with Crippen molar-refractivity contribution in [3.05, 3.63) is 35.5 Å². The van der Waals surface area contributed by atoms with E-state index in [4.69, 9.17) is 14.7 Å². The number of ether oxygens (including phenoxy) is 1. The van der Waals surface area contributed by atoms with Crippen molar-refractivity contribution in [3.8, 4) is 11.4 Å². The van der Waals surface area contributed by atoms with Crippen molar-refractivity contribution in [1.82, 2.24) is 20.2 Å². The highest BCUT2D eigenvalue weighted by molar-refractivity contribution is 5.89. The third kappa shape index (κ3) is 4.37. The largest absolute Gasteiger partial charge is 0.378 e. The van der Waals surface area contributed by atoms with Crippen LogP contribution in [0.3, 0.4) is 0 Å². The molecule has 0 unspecified atom stereocenters. The van der Waals surface area contributed by atoms with Gasteiger partial charge in [0.15, 0.2) is 5.82 Å². The van der Waals surface area contributed by atoms with Crippen LogP contribution in [0.5, 0.6) is 0 Å². The molecular weight excluding hydrogens is 420 g/mol. The smallest absolute Gasteiger partial charge is 0.319 e. The second-order valence-electron chi connectivity index (χ2n) is 8.68. The number of amides is 3. The molecule has 3 aliphatic heterocycles. The summed E-state index contributed by atoms with van der Waals surface area (Å²) < 4.78 is 5.56. The quantitative estimate of drug-likeness (QED) is 0.727. The minimum atomic E-state index is -0.213. The van der Waals surface area contributed by atoms with E-state index in [1.54, 1.807) is 0 Å². The fourth-order valence-corrected chi connectivity index (χ4v) is 4.82. The third-order valence-corrected chi connectivity index (χ3v) is 6.51. The molecule has 0 bridgehead atoms. The highest BCUT2D eigenvalue weighted by Gasteiger charge is 2.39. The maximum Gasteiger partial charge on any atom is 0.319 e. The van der Waals surface area contributed by atoms with Crippen LogP contribution >= 0.6 is 0 Å². The van der Waals surface area contributed by atoms with Gasteiger partial charge in [-0.1, -0.05) is 6.92 Å². The van der Waals surface area contributed by atoms with Gasteiger partial charge in [-0.3, -0.25) is 4.79 Å². The standard InChI is InChI=1S/C24H30N6O3/c1-2-10-25-24(32)26-17-5-3-16(4-6-17)22-27-21-18(9-11-30-19(21)7-8-20(30)31)23(28-22)29-12-14-33-15-13-29/h3-6,19H,2,7-15H2,1H3,(H2,25,26,32)/t19-/m0/s1. The first-order valence-electron chi connectivity index (χ1n) is 11.8. The molecule has 3 amide bonds. The first-order chi connectivity index (χ1) is 16.1. The van der Waals surface area contributed by atoms with Crippen LogP contribution in [0.1, 0.15) is 43.5 Å². The number of carbonyl (C=O) groups excluding carboxylic acids is 2. The van der Waals surface area contributed by atoms with Crippen LogP contribution in [0, 0.1) is 0 Å². The molecule has 0 aliphatic carbocycles. The summed E-state index contributed by atoms with van der Waals surface area (Å²) in [5.41, 5.74) is 3.75. The van der Waals surface area contributed by atoms with Gasteiger partial charge in [0.2, 0.25) is 5.91 Å². The van der Waals surface area contributed by atoms with Crippen LogP contribution in [0.15, 0.2) is 24.3 Å². The molecule has 4 heterocycles. The minimum absolute atomic E-state index is 0.0333. The first-order valence-corrected chi connectivity index (χ1v) is 11.8. The monoisotopic (exact) mass is 450 g/mol. The zero-order valence-electron chi connectivity index (χ0n) is 19.0. The Kier molecular flexibility index (Phi) is 6.13. The van der Waals surface area contributed by atoms with Crippen LogP contribution in [-0.2, 0) is 16.0 Å². The van der Waals surface area contributed by atoms with Gasteiger partial charge in [0.1, 0.15) is 5.82 Å². The molecule has 174 valence electrons. The Bertz CT molecular complexity index is 1040. The number of morpholine rings is 1. The number of fused-ring (bicyclic) bond motifs is 3. The molecule has 9 nitrogen and oxygen atoms in total. The van der Waals surface area contributed by atoms with E-state index in [1.807, 2.05) is 36.1 Å². The Balaban J connectivity index is 1.47. The highest BCUT2D eigenvalue weighted by Crippen LogP contribution is 2.41. The van der Waals surface area contributed by atoms with Gasteiger partial charge in [-0.15, -0.1) is 0 Å². The van der Waals surface area contributed by atoms with E-state index in [1.165, 1.54) is 5.56 Å². The molecule has 0 spiro atoms. The molecule has 2 N–H and O–H groups in total. The summed E-state index contributed by atoms with van der Waals surface area (Å²) >= 11 is 0. The molecule has 3 aliphatic rings. The lowest BCUT2D eigenvalue weighted by molar-refractivity contribution is -0.129. The van der Waals surface area contributed by atoms with Gasteiger partial charge >= 0.3 is 6.03 Å². The lowest BCUT2D eigenvalue weighted by Crippen LogP contribution is -2.40. The topological polar surface area (TPSA) is 99.7 Å². The normalized spacial score (nSPS) is 19.8. The summed E-state index contributed by atoms with van der Waals surface area (Å²) in [6.45, 7) is 6.34. The summed E-state index contributed by atoms with van der Waals surface area (Å²) in [6, 6.07) is 7.41. The van der Waals surface area contributed by atoms with Crippen molar-refractivity contribution in [2.24, 2.45) is 0 Å². The number of urea groups is 1. The first kappa shape index (κ1) is 21.6. The minimum Gasteiger partial charge on any atom is -0.378 e. The van der Waals surface area contributed by atoms with Crippen LogP contribution in [0.25, 0.3) is 11.4 Å². The van der Waals surface area contributed by atoms with Gasteiger partial charge < -0.3 is 25.2 Å². The molecule has 2 fully saturated rings. The Morgan fingerprint density at radius 2 is 1.91 bits per heavy atom. The molecule has 1 atom stereocenters. The molecular formula is C24H30N6O3. The third-order valence-electron chi connectivity index (χ3n) is 6.51. The van der Waals surface area contributed by atoms with Crippen molar-refractivity contribution in [1.29, 1.82) is 0 Å². The number of nitrogens with zero attached hydrogens (tertiary/aromatic N) is 4. The van der Waals surface area contributed by atoms with Crippen molar-refractivity contribution in [2.75, 3.05) is 49.6 Å². The van der Waals surface area contributed by atoms with Crippen LogP contribution < -0.4 is 15.5 Å². The van der Waals surface area contributed by atoms with E-state index in [2.05, 4.69) is 15.5 Å². The second kappa shape index (κ2) is 9.35.